The van der Waals surface area contributed by atoms with E-state index in [9.17, 15) is 4.79 Å². The molecular weight excluding hydrogens is 332 g/mol. The van der Waals surface area contributed by atoms with E-state index in [4.69, 9.17) is 9.16 Å². The van der Waals surface area contributed by atoms with Crippen molar-refractivity contribution in [1.29, 1.82) is 0 Å². The van der Waals surface area contributed by atoms with Crippen LogP contribution in [0.15, 0.2) is 0 Å². The van der Waals surface area contributed by atoms with Gasteiger partial charge in [0, 0.05) is 38.3 Å². The molecule has 0 unspecified atom stereocenters. The molecule has 1 aliphatic rings. The van der Waals surface area contributed by atoms with Crippen LogP contribution in [0.5, 0.6) is 0 Å². The summed E-state index contributed by atoms with van der Waals surface area (Å²) in [6.45, 7) is 25.4. The first-order valence-corrected chi connectivity index (χ1v) is 12.3. The Kier molecular flexibility index (Phi) is 6.80. The Balaban J connectivity index is 2.57. The molecule has 1 amide bonds. The zero-order valence-electron chi connectivity index (χ0n) is 18.2. The van der Waals surface area contributed by atoms with Gasteiger partial charge in [-0.2, -0.15) is 0 Å². The van der Waals surface area contributed by atoms with Crippen molar-refractivity contribution in [2.24, 2.45) is 0 Å². The molecule has 1 saturated heterocycles. The van der Waals surface area contributed by atoms with Crippen LogP contribution in [0.3, 0.4) is 0 Å². The second-order valence-electron chi connectivity index (χ2n) is 10.3. The molecule has 25 heavy (non-hydrogen) atoms. The summed E-state index contributed by atoms with van der Waals surface area (Å²) in [5.74, 6) is 0. The highest BCUT2D eigenvalue weighted by Gasteiger charge is 2.39. The van der Waals surface area contributed by atoms with Crippen LogP contribution in [0.2, 0.25) is 18.1 Å². The van der Waals surface area contributed by atoms with Gasteiger partial charge < -0.3 is 14.1 Å². The van der Waals surface area contributed by atoms with E-state index in [1.807, 2.05) is 25.7 Å². The van der Waals surface area contributed by atoms with Crippen LogP contribution in [-0.4, -0.2) is 68.1 Å². The van der Waals surface area contributed by atoms with E-state index >= 15 is 0 Å². The lowest BCUT2D eigenvalue weighted by Crippen LogP contribution is -2.61. The minimum atomic E-state index is -1.71. The summed E-state index contributed by atoms with van der Waals surface area (Å²) < 4.78 is 11.8. The van der Waals surface area contributed by atoms with Crippen LogP contribution in [0.25, 0.3) is 0 Å². The Hall–Kier alpha value is -0.593. The molecule has 0 aromatic carbocycles. The molecule has 148 valence electrons. The first-order valence-electron chi connectivity index (χ1n) is 9.42. The van der Waals surface area contributed by atoms with Crippen LogP contribution < -0.4 is 0 Å². The topological polar surface area (TPSA) is 42.0 Å². The lowest BCUT2D eigenvalue weighted by atomic mass is 9.99. The van der Waals surface area contributed by atoms with Crippen molar-refractivity contribution in [2.75, 3.05) is 32.8 Å². The predicted octanol–water partition coefficient (Wildman–Crippen LogP) is 4.34. The minimum absolute atomic E-state index is 0.0774. The smallest absolute Gasteiger partial charge is 0.410 e. The molecule has 0 spiro atoms. The first-order chi connectivity index (χ1) is 11.1. The summed E-state index contributed by atoms with van der Waals surface area (Å²) in [5.41, 5.74) is -0.526. The molecule has 0 radical (unpaired) electrons. The maximum atomic E-state index is 12.3. The number of ether oxygens (including phenoxy) is 1. The molecule has 6 heteroatoms. The zero-order chi connectivity index (χ0) is 19.7. The molecule has 0 aromatic heterocycles. The third-order valence-electron chi connectivity index (χ3n) is 5.36. The number of rotatable bonds is 4. The summed E-state index contributed by atoms with van der Waals surface area (Å²) in [4.78, 5) is 16.6. The van der Waals surface area contributed by atoms with Gasteiger partial charge in [0.2, 0.25) is 0 Å². The number of nitrogens with zero attached hydrogens (tertiary/aromatic N) is 2. The van der Waals surface area contributed by atoms with Gasteiger partial charge in [0.1, 0.15) is 5.60 Å². The molecule has 1 aliphatic heterocycles. The Morgan fingerprint density at radius 1 is 1.08 bits per heavy atom. The normalized spacial score (nSPS) is 19.8. The molecule has 0 aromatic rings. The van der Waals surface area contributed by atoms with Gasteiger partial charge in [-0.1, -0.05) is 20.8 Å². The van der Waals surface area contributed by atoms with E-state index in [1.165, 1.54) is 0 Å². The molecule has 1 fully saturated rings. The maximum absolute atomic E-state index is 12.3. The number of carbonyl (C=O) groups excluding carboxylic acids is 1. The van der Waals surface area contributed by atoms with Crippen LogP contribution in [0.1, 0.15) is 55.4 Å². The Morgan fingerprint density at radius 2 is 1.64 bits per heavy atom. The summed E-state index contributed by atoms with van der Waals surface area (Å²) in [6, 6.07) is 0. The lowest BCUT2D eigenvalue weighted by molar-refractivity contribution is -0.0184. The minimum Gasteiger partial charge on any atom is -0.444 e. The zero-order valence-corrected chi connectivity index (χ0v) is 19.2. The highest BCUT2D eigenvalue weighted by Crippen LogP contribution is 2.36. The van der Waals surface area contributed by atoms with Gasteiger partial charge in [-0.3, -0.25) is 4.90 Å². The lowest BCUT2D eigenvalue weighted by Gasteiger charge is -2.47. The summed E-state index contributed by atoms with van der Waals surface area (Å²) >= 11 is 0. The van der Waals surface area contributed by atoms with Gasteiger partial charge in [0.05, 0.1) is 0 Å². The first kappa shape index (κ1) is 22.4. The number of carbonyl (C=O) groups is 1. The van der Waals surface area contributed by atoms with E-state index in [0.717, 1.165) is 19.7 Å². The Bertz CT molecular complexity index is 464. The van der Waals surface area contributed by atoms with E-state index in [2.05, 4.69) is 52.6 Å². The average molecular weight is 373 g/mol. The molecular formula is C19H40N2O3Si. The van der Waals surface area contributed by atoms with E-state index in [1.54, 1.807) is 0 Å². The molecule has 1 heterocycles. The number of hydrogen-bond donors (Lipinski definition) is 0. The summed E-state index contributed by atoms with van der Waals surface area (Å²) in [6.07, 6.45) is -0.210. The summed E-state index contributed by atoms with van der Waals surface area (Å²) in [5, 5.41) is 0.234. The van der Waals surface area contributed by atoms with Crippen LogP contribution >= 0.6 is 0 Å². The van der Waals surface area contributed by atoms with Gasteiger partial charge in [-0.15, -0.1) is 0 Å². The SMILES string of the molecule is CC(C)(C)OC(=O)N1CCN(CCO[Si](C)(C)C(C)(C)C)C(C)(C)C1. The van der Waals surface area contributed by atoms with Crippen molar-refractivity contribution in [2.45, 2.75) is 84.7 Å². The molecule has 0 N–H and O–H groups in total. The monoisotopic (exact) mass is 372 g/mol. The third-order valence-corrected chi connectivity index (χ3v) is 9.89. The second-order valence-corrected chi connectivity index (χ2v) is 15.1. The van der Waals surface area contributed by atoms with E-state index in [-0.39, 0.29) is 16.7 Å². The molecule has 0 atom stereocenters. The number of amides is 1. The van der Waals surface area contributed by atoms with Gasteiger partial charge >= 0.3 is 6.09 Å². The van der Waals surface area contributed by atoms with Crippen molar-refractivity contribution in [3.8, 4) is 0 Å². The largest absolute Gasteiger partial charge is 0.444 e. The quantitative estimate of drug-likeness (QED) is 0.689. The average Bonchev–Trinajstić information content (AvgIpc) is 2.36. The van der Waals surface area contributed by atoms with E-state index < -0.39 is 13.9 Å². The van der Waals surface area contributed by atoms with Gasteiger partial charge in [-0.05, 0) is 52.8 Å². The van der Waals surface area contributed by atoms with Crippen molar-refractivity contribution >= 4 is 14.4 Å². The van der Waals surface area contributed by atoms with Gasteiger partial charge in [0.15, 0.2) is 8.32 Å². The Morgan fingerprint density at radius 3 is 2.08 bits per heavy atom. The summed E-state index contributed by atoms with van der Waals surface area (Å²) in [7, 11) is -1.71. The van der Waals surface area contributed by atoms with Gasteiger partial charge in [0.25, 0.3) is 0 Å². The van der Waals surface area contributed by atoms with Crippen LogP contribution in [0.4, 0.5) is 4.79 Å². The molecule has 5 nitrogen and oxygen atoms in total. The maximum Gasteiger partial charge on any atom is 0.410 e. The molecule has 0 bridgehead atoms. The van der Waals surface area contributed by atoms with E-state index in [0.29, 0.717) is 13.1 Å². The Labute approximate surface area is 156 Å². The fourth-order valence-corrected chi connectivity index (χ4v) is 3.75. The fourth-order valence-electron chi connectivity index (χ4n) is 2.71. The highest BCUT2D eigenvalue weighted by molar-refractivity contribution is 6.74. The van der Waals surface area contributed by atoms with Crippen molar-refractivity contribution in [3.05, 3.63) is 0 Å². The highest BCUT2D eigenvalue weighted by atomic mass is 28.4. The number of piperazine rings is 1. The second kappa shape index (κ2) is 7.57. The van der Waals surface area contributed by atoms with Crippen LogP contribution in [0, 0.1) is 0 Å². The molecule has 0 aliphatic carbocycles. The fraction of sp³-hybridized carbons (Fsp3) is 0.947. The van der Waals surface area contributed by atoms with Crippen molar-refractivity contribution in [3.63, 3.8) is 0 Å². The molecule has 1 rings (SSSR count). The van der Waals surface area contributed by atoms with Crippen molar-refractivity contribution < 1.29 is 14.0 Å². The number of hydrogen-bond acceptors (Lipinski definition) is 4. The predicted molar refractivity (Wildman–Crippen MR) is 107 cm³/mol. The third kappa shape index (κ3) is 6.57. The van der Waals surface area contributed by atoms with Crippen molar-refractivity contribution in [1.82, 2.24) is 9.80 Å². The van der Waals surface area contributed by atoms with Crippen LogP contribution in [-0.2, 0) is 9.16 Å². The molecule has 0 saturated carbocycles. The van der Waals surface area contributed by atoms with Gasteiger partial charge in [-0.25, -0.2) is 4.79 Å². The standard InChI is InChI=1S/C19H40N2O3Si/c1-17(2,3)24-16(22)20-11-12-21(19(7,8)15-20)13-14-23-25(9,10)18(4,5)6/h11-15H2,1-10H3.